The molecule has 0 N–H and O–H groups in total. The fourth-order valence-electron chi connectivity index (χ4n) is 1.75. The minimum atomic E-state index is 0.441. The Labute approximate surface area is 76.1 Å². The van der Waals surface area contributed by atoms with Crippen LogP contribution in [0.1, 0.15) is 40.0 Å². The first-order valence-corrected chi connectivity index (χ1v) is 4.69. The van der Waals surface area contributed by atoms with Gasteiger partial charge in [-0.3, -0.25) is 0 Å². The third-order valence-electron chi connectivity index (χ3n) is 2.82. The molecule has 12 heavy (non-hydrogen) atoms. The summed E-state index contributed by atoms with van der Waals surface area (Å²) in [4.78, 5) is 0. The summed E-state index contributed by atoms with van der Waals surface area (Å²) in [5.74, 6) is 3.55. The largest absolute Gasteiger partial charge is 0.115 e. The molecule has 0 saturated carbocycles. The quantitative estimate of drug-likeness (QED) is 0.479. The summed E-state index contributed by atoms with van der Waals surface area (Å²) in [6, 6.07) is 0. The van der Waals surface area contributed by atoms with Crippen molar-refractivity contribution in [3.05, 3.63) is 11.6 Å². The Balaban J connectivity index is 2.59. The summed E-state index contributed by atoms with van der Waals surface area (Å²) in [7, 11) is 0. The van der Waals surface area contributed by atoms with Crippen LogP contribution in [0.15, 0.2) is 11.6 Å². The summed E-state index contributed by atoms with van der Waals surface area (Å²) >= 11 is 0. The zero-order chi connectivity index (χ0) is 9.19. The van der Waals surface area contributed by atoms with Gasteiger partial charge >= 0.3 is 0 Å². The first-order chi connectivity index (χ1) is 5.54. The minimum Gasteiger partial charge on any atom is -0.115 e. The number of terminal acetylenes is 1. The van der Waals surface area contributed by atoms with Gasteiger partial charge < -0.3 is 0 Å². The van der Waals surface area contributed by atoms with Crippen molar-refractivity contribution in [3.8, 4) is 12.3 Å². The van der Waals surface area contributed by atoms with Gasteiger partial charge in [0, 0.05) is 0 Å². The molecular weight excluding hydrogens is 144 g/mol. The van der Waals surface area contributed by atoms with Crippen LogP contribution in [0.5, 0.6) is 0 Å². The molecule has 0 amide bonds. The van der Waals surface area contributed by atoms with Crippen molar-refractivity contribution in [1.82, 2.24) is 0 Å². The van der Waals surface area contributed by atoms with Crippen LogP contribution in [-0.4, -0.2) is 0 Å². The van der Waals surface area contributed by atoms with Crippen molar-refractivity contribution in [1.29, 1.82) is 0 Å². The van der Waals surface area contributed by atoms with E-state index in [0.29, 0.717) is 5.41 Å². The second-order valence-corrected chi connectivity index (χ2v) is 4.71. The van der Waals surface area contributed by atoms with E-state index in [1.54, 1.807) is 0 Å². The van der Waals surface area contributed by atoms with E-state index in [0.717, 1.165) is 12.3 Å². The highest BCUT2D eigenvalue weighted by molar-refractivity contribution is 5.26. The molecule has 0 aromatic heterocycles. The molecule has 1 atom stereocenters. The maximum absolute atomic E-state index is 5.34. The van der Waals surface area contributed by atoms with E-state index in [4.69, 9.17) is 6.42 Å². The molecule has 0 aliphatic heterocycles. The first kappa shape index (κ1) is 9.39. The molecule has 0 spiro atoms. The highest BCUT2D eigenvalue weighted by atomic mass is 14.3. The van der Waals surface area contributed by atoms with Crippen LogP contribution < -0.4 is 0 Å². The number of allylic oxidation sites excluding steroid dienone is 2. The van der Waals surface area contributed by atoms with Gasteiger partial charge in [0.05, 0.1) is 0 Å². The molecule has 0 radical (unpaired) electrons. The second-order valence-electron chi connectivity index (χ2n) is 4.71. The number of hydrogen-bond donors (Lipinski definition) is 0. The third kappa shape index (κ3) is 2.14. The summed E-state index contributed by atoms with van der Waals surface area (Å²) in [6.07, 6.45) is 11.1. The van der Waals surface area contributed by atoms with E-state index in [1.807, 2.05) is 0 Å². The van der Waals surface area contributed by atoms with Gasteiger partial charge in [0.15, 0.2) is 0 Å². The Morgan fingerprint density at radius 1 is 1.50 bits per heavy atom. The smallest absolute Gasteiger partial charge is 0.00221 e. The van der Waals surface area contributed by atoms with Crippen LogP contribution in [0.4, 0.5) is 0 Å². The highest BCUT2D eigenvalue weighted by Crippen LogP contribution is 2.36. The molecule has 0 fully saturated rings. The van der Waals surface area contributed by atoms with Gasteiger partial charge in [-0.2, -0.15) is 0 Å². The van der Waals surface area contributed by atoms with Crippen LogP contribution in [0.3, 0.4) is 0 Å². The van der Waals surface area contributed by atoms with Crippen molar-refractivity contribution >= 4 is 0 Å². The van der Waals surface area contributed by atoms with E-state index in [9.17, 15) is 0 Å². The van der Waals surface area contributed by atoms with Crippen molar-refractivity contribution < 1.29 is 0 Å². The molecule has 0 bridgehead atoms. The van der Waals surface area contributed by atoms with Gasteiger partial charge in [-0.25, -0.2) is 0 Å². The van der Waals surface area contributed by atoms with Crippen LogP contribution >= 0.6 is 0 Å². The van der Waals surface area contributed by atoms with Crippen molar-refractivity contribution in [2.45, 2.75) is 40.0 Å². The van der Waals surface area contributed by atoms with E-state index in [-0.39, 0.29) is 0 Å². The fraction of sp³-hybridized carbons (Fsp3) is 0.667. The van der Waals surface area contributed by atoms with Gasteiger partial charge in [0.1, 0.15) is 0 Å². The number of rotatable bonds is 0. The normalized spacial score (nSPS) is 24.5. The Morgan fingerprint density at radius 2 is 2.17 bits per heavy atom. The lowest BCUT2D eigenvalue weighted by molar-refractivity contribution is 0.222. The maximum atomic E-state index is 5.34. The zero-order valence-electron chi connectivity index (χ0n) is 8.35. The maximum Gasteiger partial charge on any atom is -0.00221 e. The molecule has 0 nitrogen and oxygen atoms in total. The van der Waals surface area contributed by atoms with Gasteiger partial charge in [0.2, 0.25) is 0 Å². The molecule has 1 aliphatic carbocycles. The van der Waals surface area contributed by atoms with Crippen molar-refractivity contribution in [3.63, 3.8) is 0 Å². The molecule has 1 aliphatic rings. The fourth-order valence-corrected chi connectivity index (χ4v) is 1.75. The van der Waals surface area contributed by atoms with Gasteiger partial charge in [-0.05, 0) is 36.2 Å². The van der Waals surface area contributed by atoms with Crippen LogP contribution in [0.2, 0.25) is 0 Å². The Morgan fingerprint density at radius 3 is 2.50 bits per heavy atom. The summed E-state index contributed by atoms with van der Waals surface area (Å²) < 4.78 is 0. The topological polar surface area (TPSA) is 0 Å². The second kappa shape index (κ2) is 3.35. The van der Waals surface area contributed by atoms with E-state index < -0.39 is 0 Å². The lowest BCUT2D eigenvalue weighted by Gasteiger charge is -2.32. The lowest BCUT2D eigenvalue weighted by atomic mass is 9.73. The minimum absolute atomic E-state index is 0.441. The van der Waals surface area contributed by atoms with Crippen LogP contribution in [-0.2, 0) is 0 Å². The standard InChI is InChI=1S/C12H18/c1-5-10-6-8-11(9-7-10)12(2,3)4/h1,6,11H,7-9H2,2-4H3. The molecule has 0 heterocycles. The number of hydrogen-bond acceptors (Lipinski definition) is 0. The summed E-state index contributed by atoms with van der Waals surface area (Å²) in [5.41, 5.74) is 1.65. The average molecular weight is 162 g/mol. The molecular formula is C12H18. The lowest BCUT2D eigenvalue weighted by Crippen LogP contribution is -2.21. The first-order valence-electron chi connectivity index (χ1n) is 4.69. The van der Waals surface area contributed by atoms with Gasteiger partial charge in [-0.1, -0.05) is 32.8 Å². The average Bonchev–Trinajstić information content (AvgIpc) is 2.03. The van der Waals surface area contributed by atoms with E-state index >= 15 is 0 Å². The Kier molecular flexibility index (Phi) is 2.62. The molecule has 0 aromatic carbocycles. The van der Waals surface area contributed by atoms with E-state index in [2.05, 4.69) is 32.8 Å². The Hall–Kier alpha value is -0.700. The third-order valence-corrected chi connectivity index (χ3v) is 2.82. The highest BCUT2D eigenvalue weighted by Gasteiger charge is 2.25. The van der Waals surface area contributed by atoms with Gasteiger partial charge in [-0.15, -0.1) is 6.42 Å². The molecule has 1 unspecified atom stereocenters. The summed E-state index contributed by atoms with van der Waals surface area (Å²) in [6.45, 7) is 6.94. The van der Waals surface area contributed by atoms with Crippen molar-refractivity contribution in [2.75, 3.05) is 0 Å². The predicted molar refractivity (Wildman–Crippen MR) is 53.7 cm³/mol. The molecule has 0 heteroatoms. The monoisotopic (exact) mass is 162 g/mol. The van der Waals surface area contributed by atoms with Crippen molar-refractivity contribution in [2.24, 2.45) is 11.3 Å². The summed E-state index contributed by atoms with van der Waals surface area (Å²) in [5, 5.41) is 0. The Bertz CT molecular complexity index is 219. The molecule has 0 aromatic rings. The zero-order valence-corrected chi connectivity index (χ0v) is 8.35. The van der Waals surface area contributed by atoms with Crippen LogP contribution in [0.25, 0.3) is 0 Å². The van der Waals surface area contributed by atoms with Crippen LogP contribution in [0, 0.1) is 23.7 Å². The van der Waals surface area contributed by atoms with E-state index in [1.165, 1.54) is 18.4 Å². The molecule has 0 saturated heterocycles. The molecule has 66 valence electrons. The molecule has 1 rings (SSSR count). The SMILES string of the molecule is C#CC1=CCC(C(C)(C)C)CC1. The van der Waals surface area contributed by atoms with Gasteiger partial charge in [0.25, 0.3) is 0 Å². The predicted octanol–water partition coefficient (Wildman–Crippen LogP) is 3.39.